The molecule has 2 rings (SSSR count). The minimum Gasteiger partial charge on any atom is -0.363 e. The van der Waals surface area contributed by atoms with Crippen molar-refractivity contribution in [3.63, 3.8) is 0 Å². The average molecular weight is 255 g/mol. The Bertz CT molecular complexity index is 521. The van der Waals surface area contributed by atoms with Crippen molar-refractivity contribution in [2.45, 2.75) is 40.0 Å². The molecule has 1 N–H and O–H groups in total. The molecule has 0 atom stereocenters. The van der Waals surface area contributed by atoms with Crippen LogP contribution in [-0.4, -0.2) is 10.2 Å². The largest absolute Gasteiger partial charge is 0.363 e. The lowest BCUT2D eigenvalue weighted by molar-refractivity contribution is 0.833. The van der Waals surface area contributed by atoms with Crippen LogP contribution >= 0.6 is 0 Å². The highest BCUT2D eigenvalue weighted by molar-refractivity contribution is 5.65. The number of aryl methyl sites for hydroxylation is 1. The Labute approximate surface area is 115 Å². The summed E-state index contributed by atoms with van der Waals surface area (Å²) in [4.78, 5) is 0. The Hall–Kier alpha value is -1.90. The molecule has 1 aromatic rings. The zero-order chi connectivity index (χ0) is 13.7. The molecule has 0 bridgehead atoms. The highest BCUT2D eigenvalue weighted by Crippen LogP contribution is 2.24. The van der Waals surface area contributed by atoms with Gasteiger partial charge in [0.1, 0.15) is 0 Å². The van der Waals surface area contributed by atoms with E-state index in [1.165, 1.54) is 17.0 Å². The molecule has 1 aliphatic rings. The van der Waals surface area contributed by atoms with E-state index in [4.69, 9.17) is 0 Å². The number of rotatable bonds is 4. The van der Waals surface area contributed by atoms with Gasteiger partial charge in [0, 0.05) is 11.4 Å². The highest BCUT2D eigenvalue weighted by Gasteiger charge is 2.09. The molecule has 0 unspecified atom stereocenters. The van der Waals surface area contributed by atoms with Gasteiger partial charge in [-0.15, -0.1) is 0 Å². The molecule has 1 aliphatic carbocycles. The topological polar surface area (TPSA) is 37.8 Å². The molecule has 0 aliphatic heterocycles. The van der Waals surface area contributed by atoms with E-state index in [2.05, 4.69) is 47.6 Å². The summed E-state index contributed by atoms with van der Waals surface area (Å²) in [6.07, 6.45) is 9.59. The Morgan fingerprint density at radius 3 is 2.68 bits per heavy atom. The number of hydrogen-bond donors (Lipinski definition) is 1. The Morgan fingerprint density at radius 2 is 2.11 bits per heavy atom. The normalized spacial score (nSPS) is 15.8. The van der Waals surface area contributed by atoms with Crippen molar-refractivity contribution in [3.8, 4) is 0 Å². The zero-order valence-corrected chi connectivity index (χ0v) is 11.9. The molecule has 1 heterocycles. The molecule has 0 fully saturated rings. The Kier molecular flexibility index (Phi) is 4.50. The molecule has 0 saturated heterocycles. The third-order valence-electron chi connectivity index (χ3n) is 3.14. The standard InChI is InChI=1S/C16H21N3/c1-4-5-12(2)17-15-9-7-14(8-10-15)16-11-6-13(3)18-19-16/h5-7,9,11,17H,4,8,10H2,1-3H3. The van der Waals surface area contributed by atoms with Crippen LogP contribution in [0.1, 0.15) is 44.5 Å². The first kappa shape index (κ1) is 13.5. The predicted molar refractivity (Wildman–Crippen MR) is 79.2 cm³/mol. The second-order valence-corrected chi connectivity index (χ2v) is 4.86. The Balaban J connectivity index is 2.07. The molecule has 19 heavy (non-hydrogen) atoms. The third kappa shape index (κ3) is 3.78. The maximum absolute atomic E-state index is 4.24. The van der Waals surface area contributed by atoms with Gasteiger partial charge < -0.3 is 5.32 Å². The van der Waals surface area contributed by atoms with Gasteiger partial charge in [0.2, 0.25) is 0 Å². The lowest BCUT2D eigenvalue weighted by atomic mass is 9.99. The average Bonchev–Trinajstić information content (AvgIpc) is 2.41. The first-order valence-corrected chi connectivity index (χ1v) is 6.83. The molecule has 3 heteroatoms. The monoisotopic (exact) mass is 255 g/mol. The molecular weight excluding hydrogens is 234 g/mol. The second-order valence-electron chi connectivity index (χ2n) is 4.86. The van der Waals surface area contributed by atoms with Gasteiger partial charge >= 0.3 is 0 Å². The molecular formula is C16H21N3. The van der Waals surface area contributed by atoms with Crippen molar-refractivity contribution in [3.05, 3.63) is 53.1 Å². The predicted octanol–water partition coefficient (Wildman–Crippen LogP) is 3.75. The summed E-state index contributed by atoms with van der Waals surface area (Å²) in [6.45, 7) is 6.21. The molecule has 0 saturated carbocycles. The first-order valence-electron chi connectivity index (χ1n) is 6.83. The summed E-state index contributed by atoms with van der Waals surface area (Å²) in [5.41, 5.74) is 5.70. The minimum absolute atomic E-state index is 0.957. The van der Waals surface area contributed by atoms with Gasteiger partial charge in [-0.2, -0.15) is 10.2 Å². The van der Waals surface area contributed by atoms with E-state index >= 15 is 0 Å². The smallest absolute Gasteiger partial charge is 0.0889 e. The number of nitrogens with zero attached hydrogens (tertiary/aromatic N) is 2. The van der Waals surface area contributed by atoms with E-state index in [0.29, 0.717) is 0 Å². The van der Waals surface area contributed by atoms with Crippen molar-refractivity contribution >= 4 is 5.57 Å². The van der Waals surface area contributed by atoms with Gasteiger partial charge in [-0.25, -0.2) is 0 Å². The summed E-state index contributed by atoms with van der Waals surface area (Å²) in [5, 5.41) is 11.8. The number of nitrogens with one attached hydrogen (secondary N) is 1. The van der Waals surface area contributed by atoms with Crippen LogP contribution in [0.25, 0.3) is 5.57 Å². The van der Waals surface area contributed by atoms with E-state index in [0.717, 1.165) is 30.7 Å². The van der Waals surface area contributed by atoms with Crippen molar-refractivity contribution < 1.29 is 0 Å². The highest BCUT2D eigenvalue weighted by atomic mass is 15.1. The van der Waals surface area contributed by atoms with Crippen LogP contribution in [0.2, 0.25) is 0 Å². The summed E-state index contributed by atoms with van der Waals surface area (Å²) < 4.78 is 0. The fourth-order valence-electron chi connectivity index (χ4n) is 2.14. The second kappa shape index (κ2) is 6.32. The molecule has 0 spiro atoms. The summed E-state index contributed by atoms with van der Waals surface area (Å²) in [7, 11) is 0. The minimum atomic E-state index is 0.957. The zero-order valence-electron chi connectivity index (χ0n) is 11.9. The first-order chi connectivity index (χ1) is 9.19. The van der Waals surface area contributed by atoms with Gasteiger partial charge in [-0.3, -0.25) is 0 Å². The quantitative estimate of drug-likeness (QED) is 0.890. The van der Waals surface area contributed by atoms with Crippen molar-refractivity contribution in [1.29, 1.82) is 0 Å². The SMILES string of the molecule is CCC=C(C)NC1=CC=C(c2ccc(C)nn2)CC1. The van der Waals surface area contributed by atoms with Crippen molar-refractivity contribution in [2.75, 3.05) is 0 Å². The third-order valence-corrected chi connectivity index (χ3v) is 3.14. The molecule has 1 aromatic heterocycles. The summed E-state index contributed by atoms with van der Waals surface area (Å²) in [6, 6.07) is 4.05. The van der Waals surface area contributed by atoms with Gasteiger partial charge in [-0.1, -0.05) is 19.1 Å². The molecule has 0 amide bonds. The maximum Gasteiger partial charge on any atom is 0.0889 e. The molecule has 100 valence electrons. The molecule has 0 aromatic carbocycles. The van der Waals surface area contributed by atoms with E-state index in [9.17, 15) is 0 Å². The fourth-order valence-corrected chi connectivity index (χ4v) is 2.14. The van der Waals surface area contributed by atoms with Crippen LogP contribution in [0.4, 0.5) is 0 Å². The fraction of sp³-hybridized carbons (Fsp3) is 0.375. The Morgan fingerprint density at radius 1 is 1.26 bits per heavy atom. The van der Waals surface area contributed by atoms with Crippen LogP contribution in [-0.2, 0) is 0 Å². The summed E-state index contributed by atoms with van der Waals surface area (Å²) >= 11 is 0. The number of aromatic nitrogens is 2. The lowest BCUT2D eigenvalue weighted by Gasteiger charge is -2.16. The van der Waals surface area contributed by atoms with Gasteiger partial charge in [0.25, 0.3) is 0 Å². The van der Waals surface area contributed by atoms with Crippen LogP contribution < -0.4 is 5.32 Å². The van der Waals surface area contributed by atoms with Crippen LogP contribution in [0.5, 0.6) is 0 Å². The molecule has 3 nitrogen and oxygen atoms in total. The lowest BCUT2D eigenvalue weighted by Crippen LogP contribution is -2.12. The van der Waals surface area contributed by atoms with E-state index in [-0.39, 0.29) is 0 Å². The van der Waals surface area contributed by atoms with Gasteiger partial charge in [0.15, 0.2) is 0 Å². The number of hydrogen-bond acceptors (Lipinski definition) is 3. The molecule has 0 radical (unpaired) electrons. The van der Waals surface area contributed by atoms with Gasteiger partial charge in [-0.05, 0) is 56.9 Å². The summed E-state index contributed by atoms with van der Waals surface area (Å²) in [5.74, 6) is 0. The number of allylic oxidation sites excluding steroid dienone is 6. The van der Waals surface area contributed by atoms with Crippen molar-refractivity contribution in [2.24, 2.45) is 0 Å². The van der Waals surface area contributed by atoms with Crippen LogP contribution in [0, 0.1) is 6.92 Å². The van der Waals surface area contributed by atoms with Gasteiger partial charge in [0.05, 0.1) is 11.4 Å². The van der Waals surface area contributed by atoms with Crippen molar-refractivity contribution in [1.82, 2.24) is 15.5 Å². The van der Waals surface area contributed by atoms with Crippen LogP contribution in [0.3, 0.4) is 0 Å². The van der Waals surface area contributed by atoms with E-state index < -0.39 is 0 Å². The maximum atomic E-state index is 4.24. The van der Waals surface area contributed by atoms with Crippen LogP contribution in [0.15, 0.2) is 41.8 Å². The van der Waals surface area contributed by atoms with E-state index in [1.807, 2.05) is 19.1 Å². The van der Waals surface area contributed by atoms with E-state index in [1.54, 1.807) is 0 Å².